The lowest BCUT2D eigenvalue weighted by Gasteiger charge is -2.32. The van der Waals surface area contributed by atoms with Crippen molar-refractivity contribution >= 4 is 22.4 Å². The summed E-state index contributed by atoms with van der Waals surface area (Å²) in [6, 6.07) is 7.44. The number of sulfone groups is 1. The Morgan fingerprint density at radius 1 is 1.15 bits per heavy atom. The van der Waals surface area contributed by atoms with Gasteiger partial charge in [0.25, 0.3) is 0 Å². The Bertz CT molecular complexity index is 814. The summed E-state index contributed by atoms with van der Waals surface area (Å²) in [4.78, 5) is 0. The van der Waals surface area contributed by atoms with Gasteiger partial charge in [0.1, 0.15) is 17.9 Å². The average Bonchev–Trinajstić information content (AvgIpc) is 2.77. The van der Waals surface area contributed by atoms with Gasteiger partial charge in [-0.3, -0.25) is 0 Å². The van der Waals surface area contributed by atoms with Crippen molar-refractivity contribution in [2.24, 2.45) is 0 Å². The molecule has 2 saturated heterocycles. The number of hydrogen-bond acceptors (Lipinski definition) is 6. The van der Waals surface area contributed by atoms with Crippen LogP contribution in [0.3, 0.4) is 0 Å². The molecule has 0 atom stereocenters. The molecule has 0 unspecified atom stereocenters. The molecule has 1 aromatic rings. The SMILES string of the molecule is CC1(C)OB(c2ccc(OC3CCS(=O)(=O)CC3)c(C#N)c2)OC1(C)C. The standard InChI is InChI=1S/C18H24BNO5S/c1-17(2)18(3,4)25-19(24-17)14-5-6-16(13(11-14)12-20)23-15-7-9-26(21,22)10-8-15/h5-6,11,15H,7-10H2,1-4H3. The Balaban J connectivity index is 1.76. The highest BCUT2D eigenvalue weighted by molar-refractivity contribution is 7.91. The summed E-state index contributed by atoms with van der Waals surface area (Å²) in [7, 11) is -3.48. The van der Waals surface area contributed by atoms with Crippen LogP contribution in [-0.4, -0.2) is 44.3 Å². The molecule has 2 aliphatic rings. The van der Waals surface area contributed by atoms with E-state index in [2.05, 4.69) is 6.07 Å². The second kappa shape index (κ2) is 6.56. The molecule has 140 valence electrons. The number of ether oxygens (including phenoxy) is 1. The molecule has 8 heteroatoms. The van der Waals surface area contributed by atoms with Gasteiger partial charge in [-0.05, 0) is 58.1 Å². The van der Waals surface area contributed by atoms with Crippen LogP contribution >= 0.6 is 0 Å². The minimum atomic E-state index is -2.94. The van der Waals surface area contributed by atoms with E-state index in [1.165, 1.54) is 0 Å². The Hall–Kier alpha value is -1.56. The Morgan fingerprint density at radius 3 is 2.27 bits per heavy atom. The van der Waals surface area contributed by atoms with Crippen molar-refractivity contribution in [3.8, 4) is 11.8 Å². The minimum absolute atomic E-state index is 0.131. The zero-order chi connectivity index (χ0) is 19.2. The Morgan fingerprint density at radius 2 is 1.73 bits per heavy atom. The van der Waals surface area contributed by atoms with Crippen LogP contribution in [0.5, 0.6) is 5.75 Å². The summed E-state index contributed by atoms with van der Waals surface area (Å²) in [5, 5.41) is 9.50. The largest absolute Gasteiger partial charge is 0.494 e. The van der Waals surface area contributed by atoms with E-state index in [1.807, 2.05) is 33.8 Å². The van der Waals surface area contributed by atoms with E-state index in [-0.39, 0.29) is 17.6 Å². The van der Waals surface area contributed by atoms with Gasteiger partial charge in [0.15, 0.2) is 9.84 Å². The quantitative estimate of drug-likeness (QED) is 0.747. The topological polar surface area (TPSA) is 85.6 Å². The lowest BCUT2D eigenvalue weighted by atomic mass is 9.78. The van der Waals surface area contributed by atoms with Gasteiger partial charge in [-0.15, -0.1) is 0 Å². The maximum absolute atomic E-state index is 11.5. The highest BCUT2D eigenvalue weighted by Crippen LogP contribution is 2.36. The summed E-state index contributed by atoms with van der Waals surface area (Å²) < 4.78 is 41.0. The van der Waals surface area contributed by atoms with Crippen LogP contribution in [-0.2, 0) is 19.1 Å². The first-order chi connectivity index (χ1) is 12.0. The van der Waals surface area contributed by atoms with Crippen molar-refractivity contribution in [3.05, 3.63) is 23.8 Å². The number of nitrogens with zero attached hydrogens (tertiary/aromatic N) is 1. The minimum Gasteiger partial charge on any atom is -0.489 e. The fourth-order valence-electron chi connectivity index (χ4n) is 3.03. The molecule has 0 saturated carbocycles. The Labute approximate surface area is 155 Å². The van der Waals surface area contributed by atoms with Gasteiger partial charge in [0.2, 0.25) is 0 Å². The molecular weight excluding hydrogens is 353 g/mol. The lowest BCUT2D eigenvalue weighted by molar-refractivity contribution is 0.00578. The molecule has 26 heavy (non-hydrogen) atoms. The van der Waals surface area contributed by atoms with Crippen molar-refractivity contribution < 1.29 is 22.5 Å². The highest BCUT2D eigenvalue weighted by atomic mass is 32.2. The first kappa shape index (κ1) is 19.2. The van der Waals surface area contributed by atoms with Crippen LogP contribution in [0.25, 0.3) is 0 Å². The molecule has 0 bridgehead atoms. The second-order valence-electron chi connectivity index (χ2n) is 7.92. The van der Waals surface area contributed by atoms with Gasteiger partial charge < -0.3 is 14.0 Å². The third-order valence-corrected chi connectivity index (χ3v) is 7.16. The van der Waals surface area contributed by atoms with Crippen LogP contribution in [0, 0.1) is 11.3 Å². The molecule has 0 N–H and O–H groups in total. The molecule has 1 aromatic carbocycles. The highest BCUT2D eigenvalue weighted by Gasteiger charge is 2.51. The zero-order valence-corrected chi connectivity index (χ0v) is 16.4. The van der Waals surface area contributed by atoms with Gasteiger partial charge in [-0.2, -0.15) is 5.26 Å². The zero-order valence-electron chi connectivity index (χ0n) is 15.6. The molecular formula is C18H24BNO5S. The summed E-state index contributed by atoms with van der Waals surface area (Å²) in [6.07, 6.45) is 0.714. The van der Waals surface area contributed by atoms with Crippen molar-refractivity contribution in [2.75, 3.05) is 11.5 Å². The molecule has 6 nitrogen and oxygen atoms in total. The number of benzene rings is 1. The van der Waals surface area contributed by atoms with E-state index < -0.39 is 28.2 Å². The second-order valence-corrected chi connectivity index (χ2v) is 10.2. The fourth-order valence-corrected chi connectivity index (χ4v) is 4.48. The summed E-state index contributed by atoms with van der Waals surface area (Å²) >= 11 is 0. The Kier molecular flexibility index (Phi) is 4.84. The molecule has 3 rings (SSSR count). The van der Waals surface area contributed by atoms with Crippen LogP contribution in [0.15, 0.2) is 18.2 Å². The summed E-state index contributed by atoms with van der Waals surface area (Å²) in [5.41, 5.74) is 0.255. The maximum atomic E-state index is 11.5. The van der Waals surface area contributed by atoms with Crippen LogP contribution < -0.4 is 10.2 Å². The maximum Gasteiger partial charge on any atom is 0.494 e. The predicted octanol–water partition coefficient (Wildman–Crippen LogP) is 1.81. The predicted molar refractivity (Wildman–Crippen MR) is 99.2 cm³/mol. The van der Waals surface area contributed by atoms with Gasteiger partial charge in [-0.25, -0.2) is 8.42 Å². The van der Waals surface area contributed by atoms with Crippen LogP contribution in [0.1, 0.15) is 46.1 Å². The van der Waals surface area contributed by atoms with Crippen molar-refractivity contribution in [1.29, 1.82) is 5.26 Å². The van der Waals surface area contributed by atoms with Gasteiger partial charge in [0.05, 0.1) is 28.3 Å². The summed E-state index contributed by atoms with van der Waals surface area (Å²) in [5.74, 6) is 0.731. The third-order valence-electron chi connectivity index (χ3n) is 5.44. The van der Waals surface area contributed by atoms with E-state index in [0.717, 1.165) is 5.46 Å². The number of hydrogen-bond donors (Lipinski definition) is 0. The molecule has 0 spiro atoms. The van der Waals surface area contributed by atoms with E-state index in [0.29, 0.717) is 24.2 Å². The van der Waals surface area contributed by atoms with E-state index in [4.69, 9.17) is 14.0 Å². The van der Waals surface area contributed by atoms with Crippen LogP contribution in [0.2, 0.25) is 0 Å². The number of nitriles is 1. The normalized spacial score (nSPS) is 24.2. The van der Waals surface area contributed by atoms with Gasteiger partial charge in [-0.1, -0.05) is 6.07 Å². The smallest absolute Gasteiger partial charge is 0.489 e. The van der Waals surface area contributed by atoms with Gasteiger partial charge >= 0.3 is 7.12 Å². The number of rotatable bonds is 3. The molecule has 2 fully saturated rings. The van der Waals surface area contributed by atoms with Crippen molar-refractivity contribution in [1.82, 2.24) is 0 Å². The fraction of sp³-hybridized carbons (Fsp3) is 0.611. The van der Waals surface area contributed by atoms with E-state index in [9.17, 15) is 13.7 Å². The first-order valence-electron chi connectivity index (χ1n) is 8.80. The third kappa shape index (κ3) is 3.75. The van der Waals surface area contributed by atoms with E-state index >= 15 is 0 Å². The molecule has 2 heterocycles. The molecule has 0 aromatic heterocycles. The van der Waals surface area contributed by atoms with Crippen molar-refractivity contribution in [3.63, 3.8) is 0 Å². The van der Waals surface area contributed by atoms with Crippen LogP contribution in [0.4, 0.5) is 0 Å². The monoisotopic (exact) mass is 377 g/mol. The van der Waals surface area contributed by atoms with E-state index in [1.54, 1.807) is 12.1 Å². The first-order valence-corrected chi connectivity index (χ1v) is 10.6. The molecule has 2 aliphatic heterocycles. The van der Waals surface area contributed by atoms with Crippen molar-refractivity contribution in [2.45, 2.75) is 57.8 Å². The average molecular weight is 377 g/mol. The summed E-state index contributed by atoms with van der Waals surface area (Å²) in [6.45, 7) is 7.92. The molecule has 0 radical (unpaired) electrons. The van der Waals surface area contributed by atoms with Gasteiger partial charge in [0, 0.05) is 0 Å². The molecule has 0 amide bonds. The molecule has 0 aliphatic carbocycles. The lowest BCUT2D eigenvalue weighted by Crippen LogP contribution is -2.41.